The van der Waals surface area contributed by atoms with Gasteiger partial charge >= 0.3 is 6.09 Å². The summed E-state index contributed by atoms with van der Waals surface area (Å²) in [5.41, 5.74) is 1.28. The van der Waals surface area contributed by atoms with E-state index in [4.69, 9.17) is 9.47 Å². The first-order valence-electron chi connectivity index (χ1n) is 5.44. The third-order valence-electron chi connectivity index (χ3n) is 2.52. The van der Waals surface area contributed by atoms with Crippen LogP contribution >= 0.6 is 0 Å². The van der Waals surface area contributed by atoms with E-state index in [0.717, 1.165) is 12.2 Å². The Bertz CT molecular complexity index is 361. The Labute approximate surface area is 94.6 Å². The minimum atomic E-state index is -0.366. The van der Waals surface area contributed by atoms with E-state index in [1.165, 1.54) is 5.56 Å². The second-order valence-electron chi connectivity index (χ2n) is 3.72. The summed E-state index contributed by atoms with van der Waals surface area (Å²) < 4.78 is 10.5. The summed E-state index contributed by atoms with van der Waals surface area (Å²) in [5, 5.41) is 2.58. The van der Waals surface area contributed by atoms with Crippen molar-refractivity contribution in [1.29, 1.82) is 0 Å². The lowest BCUT2D eigenvalue weighted by Crippen LogP contribution is -2.21. The van der Waals surface area contributed by atoms with Crippen molar-refractivity contribution in [3.8, 4) is 5.75 Å². The van der Waals surface area contributed by atoms with Crippen molar-refractivity contribution in [3.63, 3.8) is 0 Å². The third-order valence-corrected chi connectivity index (χ3v) is 2.52. The van der Waals surface area contributed by atoms with Crippen molar-refractivity contribution in [2.45, 2.75) is 19.4 Å². The molecule has 0 saturated carbocycles. The Balaban J connectivity index is 1.82. The van der Waals surface area contributed by atoms with Crippen LogP contribution < -0.4 is 10.1 Å². The lowest BCUT2D eigenvalue weighted by Gasteiger charge is -2.10. The van der Waals surface area contributed by atoms with Crippen LogP contribution in [-0.4, -0.2) is 25.3 Å². The highest BCUT2D eigenvalue weighted by Gasteiger charge is 2.22. The van der Waals surface area contributed by atoms with Gasteiger partial charge in [-0.05, 0) is 24.1 Å². The largest absolute Gasteiger partial charge is 0.490 e. The lowest BCUT2D eigenvalue weighted by molar-refractivity contribution is 0.105. The maximum Gasteiger partial charge on any atom is 0.407 e. The van der Waals surface area contributed by atoms with Crippen LogP contribution in [0.4, 0.5) is 4.79 Å². The number of amides is 1. The second kappa shape index (κ2) is 4.88. The van der Waals surface area contributed by atoms with E-state index in [2.05, 4.69) is 12.2 Å². The molecule has 1 unspecified atom stereocenters. The van der Waals surface area contributed by atoms with Gasteiger partial charge in [-0.2, -0.15) is 0 Å². The number of hydrogen-bond donors (Lipinski definition) is 1. The fourth-order valence-electron chi connectivity index (χ4n) is 1.54. The zero-order valence-corrected chi connectivity index (χ0v) is 9.23. The van der Waals surface area contributed by atoms with Crippen LogP contribution in [0.3, 0.4) is 0 Å². The molecule has 1 fully saturated rings. The van der Waals surface area contributed by atoms with Crippen LogP contribution in [-0.2, 0) is 11.2 Å². The number of cyclic esters (lactones) is 1. The zero-order chi connectivity index (χ0) is 11.4. The first kappa shape index (κ1) is 10.8. The van der Waals surface area contributed by atoms with E-state index in [9.17, 15) is 4.79 Å². The summed E-state index contributed by atoms with van der Waals surface area (Å²) in [5.74, 6) is 0.806. The maximum absolute atomic E-state index is 10.8. The summed E-state index contributed by atoms with van der Waals surface area (Å²) in [6.07, 6.45) is 0.470. The SMILES string of the molecule is CCc1ccc(OCC2CNC(=O)O2)cc1. The molecule has 1 heterocycles. The highest BCUT2D eigenvalue weighted by atomic mass is 16.6. The maximum atomic E-state index is 10.8. The van der Waals surface area contributed by atoms with Gasteiger partial charge in [0.25, 0.3) is 0 Å². The van der Waals surface area contributed by atoms with Gasteiger partial charge < -0.3 is 14.8 Å². The first-order chi connectivity index (χ1) is 7.78. The molecule has 1 N–H and O–H groups in total. The van der Waals surface area contributed by atoms with E-state index < -0.39 is 0 Å². The van der Waals surface area contributed by atoms with Crippen molar-refractivity contribution in [2.75, 3.05) is 13.2 Å². The molecule has 1 aliphatic heterocycles. The number of carbonyl (C=O) groups is 1. The number of benzene rings is 1. The number of alkyl carbamates (subject to hydrolysis) is 1. The fourth-order valence-corrected chi connectivity index (χ4v) is 1.54. The number of hydrogen-bond acceptors (Lipinski definition) is 3. The lowest BCUT2D eigenvalue weighted by atomic mass is 10.2. The molecule has 0 spiro atoms. The first-order valence-corrected chi connectivity index (χ1v) is 5.44. The van der Waals surface area contributed by atoms with E-state index in [1.54, 1.807) is 0 Å². The molecule has 4 nitrogen and oxygen atoms in total. The number of nitrogens with one attached hydrogen (secondary N) is 1. The van der Waals surface area contributed by atoms with E-state index in [1.807, 2.05) is 24.3 Å². The second-order valence-corrected chi connectivity index (χ2v) is 3.72. The van der Waals surface area contributed by atoms with Gasteiger partial charge in [-0.1, -0.05) is 19.1 Å². The molecular formula is C12H15NO3. The monoisotopic (exact) mass is 221 g/mol. The van der Waals surface area contributed by atoms with Crippen LogP contribution in [0.2, 0.25) is 0 Å². The topological polar surface area (TPSA) is 47.6 Å². The van der Waals surface area contributed by atoms with Crippen LogP contribution in [0.5, 0.6) is 5.75 Å². The van der Waals surface area contributed by atoms with Crippen LogP contribution in [0.25, 0.3) is 0 Å². The van der Waals surface area contributed by atoms with Crippen molar-refractivity contribution < 1.29 is 14.3 Å². The average molecular weight is 221 g/mol. The van der Waals surface area contributed by atoms with E-state index in [0.29, 0.717) is 13.2 Å². The highest BCUT2D eigenvalue weighted by molar-refractivity contribution is 5.69. The Morgan fingerprint density at radius 1 is 1.44 bits per heavy atom. The minimum Gasteiger partial charge on any atom is -0.490 e. The third kappa shape index (κ3) is 2.66. The molecule has 16 heavy (non-hydrogen) atoms. The van der Waals surface area contributed by atoms with Gasteiger partial charge in [0.1, 0.15) is 12.4 Å². The molecule has 0 radical (unpaired) electrons. The van der Waals surface area contributed by atoms with Crippen molar-refractivity contribution in [1.82, 2.24) is 5.32 Å². The van der Waals surface area contributed by atoms with Crippen molar-refractivity contribution in [2.24, 2.45) is 0 Å². The highest BCUT2D eigenvalue weighted by Crippen LogP contribution is 2.13. The summed E-state index contributed by atoms with van der Waals surface area (Å²) in [4.78, 5) is 10.8. The van der Waals surface area contributed by atoms with Crippen LogP contribution in [0, 0.1) is 0 Å². The number of ether oxygens (including phenoxy) is 2. The zero-order valence-electron chi connectivity index (χ0n) is 9.23. The number of carbonyl (C=O) groups excluding carboxylic acids is 1. The average Bonchev–Trinajstić information content (AvgIpc) is 2.73. The summed E-state index contributed by atoms with van der Waals surface area (Å²) in [6.45, 7) is 3.02. The van der Waals surface area contributed by atoms with Crippen molar-refractivity contribution >= 4 is 6.09 Å². The number of aryl methyl sites for hydroxylation is 1. The Morgan fingerprint density at radius 2 is 2.19 bits per heavy atom. The van der Waals surface area contributed by atoms with Crippen LogP contribution in [0.1, 0.15) is 12.5 Å². The Hall–Kier alpha value is -1.71. The van der Waals surface area contributed by atoms with Gasteiger partial charge in [0.2, 0.25) is 0 Å². The minimum absolute atomic E-state index is 0.182. The van der Waals surface area contributed by atoms with Gasteiger partial charge in [-0.15, -0.1) is 0 Å². The van der Waals surface area contributed by atoms with Gasteiger partial charge in [-0.25, -0.2) is 4.79 Å². The molecule has 2 rings (SSSR count). The van der Waals surface area contributed by atoms with Gasteiger partial charge in [0.05, 0.1) is 6.54 Å². The quantitative estimate of drug-likeness (QED) is 0.842. The smallest absolute Gasteiger partial charge is 0.407 e. The predicted octanol–water partition coefficient (Wildman–Crippen LogP) is 1.74. The van der Waals surface area contributed by atoms with E-state index in [-0.39, 0.29) is 12.2 Å². The summed E-state index contributed by atoms with van der Waals surface area (Å²) >= 11 is 0. The fraction of sp³-hybridized carbons (Fsp3) is 0.417. The standard InChI is InChI=1S/C12H15NO3/c1-2-9-3-5-10(6-4-9)15-8-11-7-13-12(14)16-11/h3-6,11H,2,7-8H2,1H3,(H,13,14). The van der Waals surface area contributed by atoms with E-state index >= 15 is 0 Å². The molecule has 1 atom stereocenters. The Morgan fingerprint density at radius 3 is 2.75 bits per heavy atom. The molecular weight excluding hydrogens is 206 g/mol. The molecule has 0 aromatic heterocycles. The molecule has 1 amide bonds. The molecule has 0 bridgehead atoms. The van der Waals surface area contributed by atoms with Gasteiger partial charge in [0, 0.05) is 0 Å². The molecule has 1 aromatic rings. The van der Waals surface area contributed by atoms with Crippen molar-refractivity contribution in [3.05, 3.63) is 29.8 Å². The molecule has 86 valence electrons. The van der Waals surface area contributed by atoms with Gasteiger partial charge in [0.15, 0.2) is 6.10 Å². The summed E-state index contributed by atoms with van der Waals surface area (Å²) in [7, 11) is 0. The number of rotatable bonds is 4. The summed E-state index contributed by atoms with van der Waals surface area (Å²) in [6, 6.07) is 7.94. The van der Waals surface area contributed by atoms with Gasteiger partial charge in [-0.3, -0.25) is 0 Å². The molecule has 1 saturated heterocycles. The predicted molar refractivity (Wildman–Crippen MR) is 59.6 cm³/mol. The molecule has 1 aromatic carbocycles. The molecule has 4 heteroatoms. The van der Waals surface area contributed by atoms with Crippen LogP contribution in [0.15, 0.2) is 24.3 Å². The normalized spacial score (nSPS) is 19.1. The Kier molecular flexibility index (Phi) is 3.29. The molecule has 0 aliphatic carbocycles. The molecule has 1 aliphatic rings.